The first-order valence-corrected chi connectivity index (χ1v) is 13.7. The van der Waals surface area contributed by atoms with E-state index in [1.54, 1.807) is 18.6 Å². The minimum Gasteiger partial charge on any atom is -0.489 e. The van der Waals surface area contributed by atoms with Gasteiger partial charge in [-0.15, -0.1) is 0 Å². The number of ether oxygens (including phenoxy) is 1. The minimum absolute atomic E-state index is 0.0937. The molecule has 1 fully saturated rings. The zero-order chi connectivity index (χ0) is 25.9. The number of rotatable bonds is 9. The molecule has 36 heavy (non-hydrogen) atoms. The summed E-state index contributed by atoms with van der Waals surface area (Å²) < 4.78 is 29.2. The van der Waals surface area contributed by atoms with Gasteiger partial charge >= 0.3 is 0 Å². The zero-order valence-corrected chi connectivity index (χ0v) is 21.0. The Bertz CT molecular complexity index is 1370. The highest BCUT2D eigenvalue weighted by Crippen LogP contribution is 2.37. The summed E-state index contributed by atoms with van der Waals surface area (Å²) >= 11 is 0. The average molecular weight is 512 g/mol. The number of para-hydroxylation sites is 1. The van der Waals surface area contributed by atoms with Crippen LogP contribution in [0.5, 0.6) is 5.75 Å². The van der Waals surface area contributed by atoms with Crippen LogP contribution in [0.3, 0.4) is 0 Å². The Morgan fingerprint density at radius 1 is 1.19 bits per heavy atom. The van der Waals surface area contributed by atoms with Crippen molar-refractivity contribution in [1.82, 2.24) is 15.4 Å². The number of nitrogens with zero attached hydrogens (tertiary/aromatic N) is 2. The van der Waals surface area contributed by atoms with Gasteiger partial charge in [-0.25, -0.2) is 13.9 Å². The fourth-order valence-electron chi connectivity index (χ4n) is 4.62. The second kappa shape index (κ2) is 10.2. The van der Waals surface area contributed by atoms with Gasteiger partial charge in [-0.2, -0.15) is 0 Å². The van der Waals surface area contributed by atoms with E-state index in [4.69, 9.17) is 9.94 Å². The van der Waals surface area contributed by atoms with Crippen LogP contribution in [0, 0.1) is 0 Å². The van der Waals surface area contributed by atoms with Crippen molar-refractivity contribution in [2.45, 2.75) is 37.8 Å². The lowest BCUT2D eigenvalue weighted by atomic mass is 9.81. The van der Waals surface area contributed by atoms with Gasteiger partial charge in [0.2, 0.25) is 5.91 Å². The highest BCUT2D eigenvalue weighted by molar-refractivity contribution is 7.90. The van der Waals surface area contributed by atoms with Crippen molar-refractivity contribution < 1.29 is 28.0 Å². The Kier molecular flexibility index (Phi) is 7.28. The summed E-state index contributed by atoms with van der Waals surface area (Å²) in [6.07, 6.45) is 3.17. The molecule has 2 heterocycles. The molecule has 3 aromatic rings. The Labute approximate surface area is 210 Å². The molecule has 1 saturated heterocycles. The summed E-state index contributed by atoms with van der Waals surface area (Å²) in [6, 6.07) is 16.0. The molecule has 1 unspecified atom stereocenters. The fraction of sp³-hybridized carbons (Fsp3) is 0.346. The van der Waals surface area contributed by atoms with E-state index < -0.39 is 27.2 Å². The molecule has 0 saturated carbocycles. The average Bonchev–Trinajstić information content (AvgIpc) is 3.17. The lowest BCUT2D eigenvalue weighted by molar-refractivity contribution is -0.143. The molecule has 9 nitrogen and oxygen atoms in total. The Hall–Kier alpha value is -3.50. The molecular formula is C26H29N3O6S. The van der Waals surface area contributed by atoms with Crippen LogP contribution in [0.15, 0.2) is 60.8 Å². The summed E-state index contributed by atoms with van der Waals surface area (Å²) in [5, 5.41) is 10.2. The van der Waals surface area contributed by atoms with Crippen LogP contribution in [-0.4, -0.2) is 59.9 Å². The van der Waals surface area contributed by atoms with Crippen molar-refractivity contribution >= 4 is 32.6 Å². The Balaban J connectivity index is 1.47. The largest absolute Gasteiger partial charge is 0.489 e. The van der Waals surface area contributed by atoms with E-state index in [0.29, 0.717) is 18.8 Å². The number of benzene rings is 2. The van der Waals surface area contributed by atoms with Gasteiger partial charge in [0.1, 0.15) is 28.2 Å². The van der Waals surface area contributed by atoms with E-state index in [0.717, 1.165) is 28.3 Å². The molecule has 10 heteroatoms. The van der Waals surface area contributed by atoms with Gasteiger partial charge in [-0.1, -0.05) is 30.3 Å². The maximum Gasteiger partial charge on any atom is 0.266 e. The summed E-state index contributed by atoms with van der Waals surface area (Å²) in [4.78, 5) is 31.4. The first kappa shape index (κ1) is 25.6. The van der Waals surface area contributed by atoms with Gasteiger partial charge in [0, 0.05) is 29.9 Å². The van der Waals surface area contributed by atoms with E-state index in [2.05, 4.69) is 4.98 Å². The van der Waals surface area contributed by atoms with Gasteiger partial charge in [0.15, 0.2) is 0 Å². The number of aromatic nitrogens is 1. The van der Waals surface area contributed by atoms with Crippen LogP contribution in [-0.2, 0) is 31.4 Å². The quantitative estimate of drug-likeness (QED) is 0.334. The van der Waals surface area contributed by atoms with Gasteiger partial charge in [0.25, 0.3) is 5.91 Å². The van der Waals surface area contributed by atoms with Crippen molar-refractivity contribution in [3.63, 3.8) is 0 Å². The topological polar surface area (TPSA) is 126 Å². The zero-order valence-electron chi connectivity index (χ0n) is 20.2. The normalized spacial score (nSPS) is 18.9. The van der Waals surface area contributed by atoms with E-state index in [9.17, 15) is 18.0 Å². The van der Waals surface area contributed by atoms with Crippen molar-refractivity contribution in [3.05, 3.63) is 71.9 Å². The van der Waals surface area contributed by atoms with E-state index in [1.807, 2.05) is 54.6 Å². The van der Waals surface area contributed by atoms with E-state index >= 15 is 0 Å². The first-order chi connectivity index (χ1) is 17.1. The van der Waals surface area contributed by atoms with Gasteiger partial charge < -0.3 is 9.64 Å². The van der Waals surface area contributed by atoms with Crippen LogP contribution >= 0.6 is 0 Å². The van der Waals surface area contributed by atoms with E-state index in [1.165, 1.54) is 4.90 Å². The Morgan fingerprint density at radius 3 is 2.61 bits per heavy atom. The van der Waals surface area contributed by atoms with Crippen LogP contribution in [0.2, 0.25) is 0 Å². The molecule has 1 aliphatic heterocycles. The number of pyridine rings is 1. The number of hydroxylamine groups is 1. The molecule has 2 N–H and O–H groups in total. The maximum atomic E-state index is 13.4. The number of carbonyl (C=O) groups excluding carboxylic acids is 2. The van der Waals surface area contributed by atoms with Crippen LogP contribution in [0.4, 0.5) is 0 Å². The molecule has 1 aliphatic rings. The predicted octanol–water partition coefficient (Wildman–Crippen LogP) is 2.61. The number of likely N-dealkylation sites (tertiary alicyclic amines) is 1. The molecule has 0 spiro atoms. The third-order valence-electron chi connectivity index (χ3n) is 6.76. The van der Waals surface area contributed by atoms with Gasteiger partial charge in [0.05, 0.1) is 16.7 Å². The van der Waals surface area contributed by atoms with Crippen molar-refractivity contribution in [2.24, 2.45) is 0 Å². The van der Waals surface area contributed by atoms with Crippen molar-refractivity contribution in [3.8, 4) is 5.75 Å². The molecule has 2 atom stereocenters. The molecule has 0 aliphatic carbocycles. The number of amides is 2. The predicted molar refractivity (Wildman–Crippen MR) is 134 cm³/mol. The third-order valence-corrected chi connectivity index (χ3v) is 7.74. The van der Waals surface area contributed by atoms with Crippen LogP contribution < -0.4 is 10.2 Å². The molecule has 2 amide bonds. The molecule has 0 radical (unpaired) electrons. The van der Waals surface area contributed by atoms with Crippen molar-refractivity contribution in [1.29, 1.82) is 0 Å². The number of nitrogens with one attached hydrogen (secondary N) is 1. The Morgan fingerprint density at radius 2 is 1.92 bits per heavy atom. The molecule has 4 rings (SSSR count). The lowest BCUT2D eigenvalue weighted by Gasteiger charge is -2.29. The number of sulfone groups is 1. The molecular weight excluding hydrogens is 482 g/mol. The molecule has 1 aromatic heterocycles. The molecule has 0 bridgehead atoms. The summed E-state index contributed by atoms with van der Waals surface area (Å²) in [5.74, 6) is -0.717. The molecule has 190 valence electrons. The summed E-state index contributed by atoms with van der Waals surface area (Å²) in [6.45, 7) is 2.44. The molecule has 2 aromatic carbocycles. The van der Waals surface area contributed by atoms with Gasteiger partial charge in [-0.05, 0) is 49.6 Å². The second-order valence-electron chi connectivity index (χ2n) is 9.29. The monoisotopic (exact) mass is 511 g/mol. The highest BCUT2D eigenvalue weighted by atomic mass is 32.2. The first-order valence-electron chi connectivity index (χ1n) is 11.6. The number of hydrogen-bond acceptors (Lipinski definition) is 7. The van der Waals surface area contributed by atoms with Crippen molar-refractivity contribution in [2.75, 3.05) is 18.6 Å². The SMILES string of the molecule is CC1(c2ccc(OCc3ccnc4ccccc34)cc2)CCN([C@H](CCS(C)(=O)=O)C(=O)NO)C1=O. The lowest BCUT2D eigenvalue weighted by Crippen LogP contribution is -2.49. The fourth-order valence-corrected chi connectivity index (χ4v) is 5.28. The van der Waals surface area contributed by atoms with Crippen LogP contribution in [0.1, 0.15) is 30.9 Å². The third kappa shape index (κ3) is 5.34. The number of fused-ring (bicyclic) bond motifs is 1. The second-order valence-corrected chi connectivity index (χ2v) is 11.6. The highest BCUT2D eigenvalue weighted by Gasteiger charge is 2.47. The minimum atomic E-state index is -3.35. The summed E-state index contributed by atoms with van der Waals surface area (Å²) in [5.41, 5.74) is 3.35. The smallest absolute Gasteiger partial charge is 0.266 e. The maximum absolute atomic E-state index is 13.4. The van der Waals surface area contributed by atoms with E-state index in [-0.39, 0.29) is 24.6 Å². The summed E-state index contributed by atoms with van der Waals surface area (Å²) in [7, 11) is -3.35. The number of hydrogen-bond donors (Lipinski definition) is 2. The van der Waals surface area contributed by atoms with Gasteiger partial charge in [-0.3, -0.25) is 19.8 Å². The standard InChI is InChI=1S/C26H29N3O6S/c1-26(13-15-29(25(26)31)23(24(30)28-32)12-16-36(2,33)34)19-7-9-20(10-8-19)35-17-18-11-14-27-22-6-4-3-5-21(18)22/h3-11,14,23,32H,12-13,15-17H2,1-2H3,(H,28,30)/t23-,26?/m1/s1. The van der Waals surface area contributed by atoms with Crippen LogP contribution in [0.25, 0.3) is 10.9 Å². The number of carbonyl (C=O) groups is 2.